The third kappa shape index (κ3) is 3.26. The molecule has 140 valence electrons. The van der Waals surface area contributed by atoms with Crippen LogP contribution in [-0.2, 0) is 6.67 Å². The minimum Gasteiger partial charge on any atom is -0.497 e. The fraction of sp³-hybridized carbons (Fsp3) is 0.350. The van der Waals surface area contributed by atoms with E-state index in [-0.39, 0.29) is 11.6 Å². The van der Waals surface area contributed by atoms with Crippen LogP contribution in [0.2, 0.25) is 0 Å². The average molecular weight is 366 g/mol. The molecule has 0 amide bonds. The van der Waals surface area contributed by atoms with Crippen LogP contribution >= 0.6 is 0 Å². The molecule has 2 heterocycles. The Kier molecular flexibility index (Phi) is 4.77. The summed E-state index contributed by atoms with van der Waals surface area (Å²) in [5.41, 5.74) is 1.60. The predicted octanol–water partition coefficient (Wildman–Crippen LogP) is 2.60. The SMILES string of the molecule is COc1ccc([C@@H]2CCCN2Cn2nnc3ccccc3c2=O)c(OC)c1. The monoisotopic (exact) mass is 366 g/mol. The minimum atomic E-state index is -0.118. The van der Waals surface area contributed by atoms with Gasteiger partial charge in [0.1, 0.15) is 17.0 Å². The van der Waals surface area contributed by atoms with E-state index in [1.54, 1.807) is 26.4 Å². The minimum absolute atomic E-state index is 0.118. The van der Waals surface area contributed by atoms with Crippen molar-refractivity contribution < 1.29 is 9.47 Å². The Bertz CT molecular complexity index is 1020. The van der Waals surface area contributed by atoms with Crippen molar-refractivity contribution in [3.63, 3.8) is 0 Å². The maximum atomic E-state index is 12.8. The second kappa shape index (κ2) is 7.36. The van der Waals surface area contributed by atoms with E-state index in [0.717, 1.165) is 36.4 Å². The lowest BCUT2D eigenvalue weighted by Gasteiger charge is -2.26. The summed E-state index contributed by atoms with van der Waals surface area (Å²) < 4.78 is 12.3. The molecule has 0 saturated carbocycles. The van der Waals surface area contributed by atoms with Crippen LogP contribution in [0.15, 0.2) is 47.3 Å². The van der Waals surface area contributed by atoms with Gasteiger partial charge in [-0.25, -0.2) is 0 Å². The fourth-order valence-corrected chi connectivity index (χ4v) is 3.73. The van der Waals surface area contributed by atoms with E-state index in [2.05, 4.69) is 15.2 Å². The standard InChI is InChI=1S/C20H22N4O3/c1-26-14-9-10-16(19(12-14)27-2)18-8-5-11-23(18)13-24-20(25)15-6-3-4-7-17(15)21-22-24/h3-4,6-7,9-10,12,18H,5,8,11,13H2,1-2H3/t18-/m0/s1. The van der Waals surface area contributed by atoms with Crippen molar-refractivity contribution in [1.29, 1.82) is 0 Å². The molecular weight excluding hydrogens is 344 g/mol. The van der Waals surface area contributed by atoms with Gasteiger partial charge in [0.25, 0.3) is 5.56 Å². The summed E-state index contributed by atoms with van der Waals surface area (Å²) in [7, 11) is 3.30. The summed E-state index contributed by atoms with van der Waals surface area (Å²) in [5.74, 6) is 1.56. The number of hydrogen-bond acceptors (Lipinski definition) is 6. The number of benzene rings is 2. The lowest BCUT2D eigenvalue weighted by molar-refractivity contribution is 0.181. The molecule has 1 atom stereocenters. The van der Waals surface area contributed by atoms with Crippen molar-refractivity contribution in [2.24, 2.45) is 0 Å². The van der Waals surface area contributed by atoms with E-state index >= 15 is 0 Å². The Morgan fingerprint density at radius 1 is 1.15 bits per heavy atom. The zero-order valence-electron chi connectivity index (χ0n) is 15.5. The number of hydrogen-bond donors (Lipinski definition) is 0. The molecular formula is C20H22N4O3. The highest BCUT2D eigenvalue weighted by Crippen LogP contribution is 2.38. The second-order valence-electron chi connectivity index (χ2n) is 6.63. The highest BCUT2D eigenvalue weighted by molar-refractivity contribution is 5.76. The number of fused-ring (bicyclic) bond motifs is 1. The number of nitrogens with zero attached hydrogens (tertiary/aromatic N) is 4. The Hall–Kier alpha value is -2.93. The summed E-state index contributed by atoms with van der Waals surface area (Å²) in [4.78, 5) is 15.0. The first-order valence-electron chi connectivity index (χ1n) is 9.00. The molecule has 0 unspecified atom stereocenters. The van der Waals surface area contributed by atoms with E-state index < -0.39 is 0 Å². The van der Waals surface area contributed by atoms with Gasteiger partial charge in [-0.3, -0.25) is 9.69 Å². The van der Waals surface area contributed by atoms with Crippen molar-refractivity contribution >= 4 is 10.9 Å². The molecule has 0 N–H and O–H groups in total. The highest BCUT2D eigenvalue weighted by Gasteiger charge is 2.29. The number of likely N-dealkylation sites (tertiary alicyclic amines) is 1. The topological polar surface area (TPSA) is 69.5 Å². The van der Waals surface area contributed by atoms with Crippen LogP contribution in [-0.4, -0.2) is 40.7 Å². The summed E-state index contributed by atoms with van der Waals surface area (Å²) in [6.45, 7) is 1.29. The summed E-state index contributed by atoms with van der Waals surface area (Å²) >= 11 is 0. The van der Waals surface area contributed by atoms with Gasteiger partial charge in [0.05, 0.1) is 26.3 Å². The van der Waals surface area contributed by atoms with E-state index in [4.69, 9.17) is 9.47 Å². The van der Waals surface area contributed by atoms with Gasteiger partial charge < -0.3 is 9.47 Å². The second-order valence-corrected chi connectivity index (χ2v) is 6.63. The molecule has 4 rings (SSSR count). The number of ether oxygens (including phenoxy) is 2. The van der Waals surface area contributed by atoms with Crippen LogP contribution in [0.1, 0.15) is 24.4 Å². The largest absolute Gasteiger partial charge is 0.497 e. The molecule has 7 heteroatoms. The van der Waals surface area contributed by atoms with E-state index in [1.165, 1.54) is 4.68 Å². The lowest BCUT2D eigenvalue weighted by Crippen LogP contribution is -2.34. The van der Waals surface area contributed by atoms with Crippen LogP contribution in [0, 0.1) is 0 Å². The summed E-state index contributed by atoms with van der Waals surface area (Å²) in [6, 6.07) is 13.3. The maximum absolute atomic E-state index is 12.8. The van der Waals surface area contributed by atoms with Crippen molar-refractivity contribution in [2.45, 2.75) is 25.6 Å². The first kappa shape index (κ1) is 17.5. The zero-order chi connectivity index (χ0) is 18.8. The summed E-state index contributed by atoms with van der Waals surface area (Å²) in [5, 5.41) is 8.90. The molecule has 0 radical (unpaired) electrons. The normalized spacial score (nSPS) is 17.3. The Morgan fingerprint density at radius 2 is 2.00 bits per heavy atom. The molecule has 2 aromatic carbocycles. The van der Waals surface area contributed by atoms with Crippen molar-refractivity contribution in [1.82, 2.24) is 19.9 Å². The third-order valence-corrected chi connectivity index (χ3v) is 5.11. The highest BCUT2D eigenvalue weighted by atomic mass is 16.5. The van der Waals surface area contributed by atoms with Crippen molar-refractivity contribution in [2.75, 3.05) is 20.8 Å². The zero-order valence-corrected chi connectivity index (χ0v) is 15.5. The van der Waals surface area contributed by atoms with Gasteiger partial charge in [-0.2, -0.15) is 4.68 Å². The lowest BCUT2D eigenvalue weighted by atomic mass is 10.0. The molecule has 1 saturated heterocycles. The molecule has 0 aliphatic carbocycles. The van der Waals surface area contributed by atoms with Gasteiger partial charge in [0.2, 0.25) is 0 Å². The Balaban J connectivity index is 1.65. The Labute approximate surface area is 157 Å². The third-order valence-electron chi connectivity index (χ3n) is 5.11. The molecule has 0 bridgehead atoms. The smallest absolute Gasteiger partial charge is 0.278 e. The number of methoxy groups -OCH3 is 2. The molecule has 7 nitrogen and oxygen atoms in total. The molecule has 1 fully saturated rings. The fourth-order valence-electron chi connectivity index (χ4n) is 3.73. The van der Waals surface area contributed by atoms with Gasteiger partial charge in [0, 0.05) is 24.2 Å². The van der Waals surface area contributed by atoms with E-state index in [9.17, 15) is 4.79 Å². The van der Waals surface area contributed by atoms with Crippen LogP contribution in [0.3, 0.4) is 0 Å². The molecule has 1 aliphatic rings. The number of rotatable bonds is 5. The van der Waals surface area contributed by atoms with Gasteiger partial charge >= 0.3 is 0 Å². The van der Waals surface area contributed by atoms with E-state index in [0.29, 0.717) is 17.6 Å². The first-order chi connectivity index (χ1) is 13.2. The quantitative estimate of drug-likeness (QED) is 0.691. The average Bonchev–Trinajstić information content (AvgIpc) is 3.17. The first-order valence-corrected chi connectivity index (χ1v) is 9.00. The summed E-state index contributed by atoms with van der Waals surface area (Å²) in [6.07, 6.45) is 2.05. The van der Waals surface area contributed by atoms with Crippen LogP contribution in [0.25, 0.3) is 10.9 Å². The van der Waals surface area contributed by atoms with Crippen LogP contribution in [0.4, 0.5) is 0 Å². The Morgan fingerprint density at radius 3 is 2.81 bits per heavy atom. The van der Waals surface area contributed by atoms with Crippen molar-refractivity contribution in [3.05, 3.63) is 58.4 Å². The predicted molar refractivity (Wildman–Crippen MR) is 102 cm³/mol. The number of aromatic nitrogens is 3. The molecule has 1 aromatic heterocycles. The van der Waals surface area contributed by atoms with Gasteiger partial charge in [0.15, 0.2) is 0 Å². The van der Waals surface area contributed by atoms with Gasteiger partial charge in [-0.05, 0) is 31.0 Å². The molecule has 1 aliphatic heterocycles. The van der Waals surface area contributed by atoms with E-state index in [1.807, 2.05) is 30.3 Å². The van der Waals surface area contributed by atoms with Crippen LogP contribution < -0.4 is 15.0 Å². The van der Waals surface area contributed by atoms with Gasteiger partial charge in [-0.1, -0.05) is 23.4 Å². The van der Waals surface area contributed by atoms with Gasteiger partial charge in [-0.15, -0.1) is 5.10 Å². The maximum Gasteiger partial charge on any atom is 0.278 e. The molecule has 0 spiro atoms. The molecule has 3 aromatic rings. The molecule has 27 heavy (non-hydrogen) atoms. The van der Waals surface area contributed by atoms with Crippen molar-refractivity contribution in [3.8, 4) is 11.5 Å². The van der Waals surface area contributed by atoms with Crippen LogP contribution in [0.5, 0.6) is 11.5 Å².